The maximum Gasteiger partial charge on any atom is 0.303 e. The Morgan fingerprint density at radius 2 is 2.20 bits per heavy atom. The average molecular weight is 210 g/mol. The molecular formula is C10H14N2O3. The van der Waals surface area contributed by atoms with Crippen LogP contribution in [0.2, 0.25) is 0 Å². The summed E-state index contributed by atoms with van der Waals surface area (Å²) in [5.41, 5.74) is 0. The lowest BCUT2D eigenvalue weighted by atomic mass is 9.96. The summed E-state index contributed by atoms with van der Waals surface area (Å²) in [6.07, 6.45) is 5.17. The molecule has 0 unspecified atom stereocenters. The number of hydrogen-bond donors (Lipinski definition) is 2. The Morgan fingerprint density at radius 3 is 2.73 bits per heavy atom. The van der Waals surface area contributed by atoms with Crippen LogP contribution in [0.1, 0.15) is 6.42 Å². The zero-order valence-electron chi connectivity index (χ0n) is 8.40. The zero-order valence-corrected chi connectivity index (χ0v) is 8.40. The van der Waals surface area contributed by atoms with E-state index in [9.17, 15) is 9.59 Å². The van der Waals surface area contributed by atoms with E-state index in [2.05, 4.69) is 11.2 Å². The SMILES string of the molecule is C#CCNC(=O)CN1CC(CC(=O)O)C1. The van der Waals surface area contributed by atoms with Gasteiger partial charge >= 0.3 is 5.97 Å². The molecule has 0 saturated carbocycles. The van der Waals surface area contributed by atoms with E-state index in [1.165, 1.54) is 0 Å². The molecule has 5 nitrogen and oxygen atoms in total. The lowest BCUT2D eigenvalue weighted by Gasteiger charge is -2.37. The number of nitrogens with zero attached hydrogens (tertiary/aromatic N) is 1. The number of terminal acetylenes is 1. The average Bonchev–Trinajstić information content (AvgIpc) is 2.10. The van der Waals surface area contributed by atoms with Gasteiger partial charge < -0.3 is 10.4 Å². The molecule has 15 heavy (non-hydrogen) atoms. The molecule has 5 heteroatoms. The number of nitrogens with one attached hydrogen (secondary N) is 1. The first kappa shape index (κ1) is 11.5. The molecular weight excluding hydrogens is 196 g/mol. The van der Waals surface area contributed by atoms with Gasteiger partial charge in [0, 0.05) is 13.1 Å². The van der Waals surface area contributed by atoms with Gasteiger partial charge in [-0.2, -0.15) is 0 Å². The van der Waals surface area contributed by atoms with Crippen molar-refractivity contribution in [1.29, 1.82) is 0 Å². The maximum absolute atomic E-state index is 11.2. The van der Waals surface area contributed by atoms with Crippen LogP contribution in [-0.2, 0) is 9.59 Å². The maximum atomic E-state index is 11.2. The van der Waals surface area contributed by atoms with Crippen LogP contribution in [0.5, 0.6) is 0 Å². The third kappa shape index (κ3) is 4.00. The molecule has 1 saturated heterocycles. The molecule has 0 radical (unpaired) electrons. The first-order valence-electron chi connectivity index (χ1n) is 4.76. The van der Waals surface area contributed by atoms with E-state index in [0.717, 1.165) is 0 Å². The summed E-state index contributed by atoms with van der Waals surface area (Å²) in [5, 5.41) is 11.1. The summed E-state index contributed by atoms with van der Waals surface area (Å²) in [7, 11) is 0. The lowest BCUT2D eigenvalue weighted by molar-refractivity contribution is -0.139. The van der Waals surface area contributed by atoms with Crippen molar-refractivity contribution in [3.8, 4) is 12.3 Å². The van der Waals surface area contributed by atoms with Crippen LogP contribution in [0.15, 0.2) is 0 Å². The summed E-state index contributed by atoms with van der Waals surface area (Å²) in [5.74, 6) is 1.61. The second kappa shape index (κ2) is 5.37. The Balaban J connectivity index is 2.10. The molecule has 1 amide bonds. The smallest absolute Gasteiger partial charge is 0.303 e. The fourth-order valence-corrected chi connectivity index (χ4v) is 1.59. The second-order valence-corrected chi connectivity index (χ2v) is 3.64. The quantitative estimate of drug-likeness (QED) is 0.579. The highest BCUT2D eigenvalue weighted by Crippen LogP contribution is 2.17. The Hall–Kier alpha value is -1.54. The van der Waals surface area contributed by atoms with E-state index in [1.807, 2.05) is 4.90 Å². The van der Waals surface area contributed by atoms with E-state index in [0.29, 0.717) is 19.6 Å². The predicted octanol–water partition coefficient (Wildman–Crippen LogP) is -0.858. The molecule has 1 aliphatic rings. The number of hydrogen-bond acceptors (Lipinski definition) is 3. The highest BCUT2D eigenvalue weighted by atomic mass is 16.4. The molecule has 0 aromatic rings. The van der Waals surface area contributed by atoms with Gasteiger partial charge in [0.15, 0.2) is 0 Å². The van der Waals surface area contributed by atoms with E-state index in [-0.39, 0.29) is 24.8 Å². The van der Waals surface area contributed by atoms with Crippen LogP contribution >= 0.6 is 0 Å². The van der Waals surface area contributed by atoms with Gasteiger partial charge in [-0.25, -0.2) is 0 Å². The number of likely N-dealkylation sites (tertiary alicyclic amines) is 1. The van der Waals surface area contributed by atoms with Crippen LogP contribution in [-0.4, -0.2) is 48.1 Å². The van der Waals surface area contributed by atoms with E-state index in [4.69, 9.17) is 11.5 Å². The first-order chi connectivity index (χ1) is 7.11. The van der Waals surface area contributed by atoms with Crippen LogP contribution < -0.4 is 5.32 Å². The third-order valence-electron chi connectivity index (χ3n) is 2.25. The molecule has 0 aromatic carbocycles. The molecule has 1 heterocycles. The number of amides is 1. The Kier molecular flexibility index (Phi) is 4.13. The third-order valence-corrected chi connectivity index (χ3v) is 2.25. The highest BCUT2D eigenvalue weighted by molar-refractivity contribution is 5.78. The van der Waals surface area contributed by atoms with E-state index >= 15 is 0 Å². The number of carboxylic acids is 1. The summed E-state index contributed by atoms with van der Waals surface area (Å²) in [4.78, 5) is 23.4. The minimum absolute atomic E-state index is 0.110. The largest absolute Gasteiger partial charge is 0.481 e. The molecule has 2 N–H and O–H groups in total. The molecule has 0 atom stereocenters. The van der Waals surface area contributed by atoms with Crippen molar-refractivity contribution in [2.75, 3.05) is 26.2 Å². The molecule has 1 fully saturated rings. The van der Waals surface area contributed by atoms with Crippen molar-refractivity contribution in [3.05, 3.63) is 0 Å². The lowest BCUT2D eigenvalue weighted by Crippen LogP contribution is -2.51. The van der Waals surface area contributed by atoms with Crippen LogP contribution in [0.3, 0.4) is 0 Å². The van der Waals surface area contributed by atoms with Crippen LogP contribution in [0.4, 0.5) is 0 Å². The summed E-state index contributed by atoms with van der Waals surface area (Å²) >= 11 is 0. The molecule has 82 valence electrons. The van der Waals surface area contributed by atoms with Crippen LogP contribution in [0, 0.1) is 18.3 Å². The van der Waals surface area contributed by atoms with Gasteiger partial charge in [-0.1, -0.05) is 5.92 Å². The molecule has 1 rings (SSSR count). The zero-order chi connectivity index (χ0) is 11.3. The topological polar surface area (TPSA) is 69.6 Å². The number of carbonyl (C=O) groups is 2. The monoisotopic (exact) mass is 210 g/mol. The van der Waals surface area contributed by atoms with E-state index in [1.54, 1.807) is 0 Å². The highest BCUT2D eigenvalue weighted by Gasteiger charge is 2.29. The molecule has 0 aromatic heterocycles. The molecule has 1 aliphatic heterocycles. The number of carbonyl (C=O) groups excluding carboxylic acids is 1. The van der Waals surface area contributed by atoms with Gasteiger partial charge in [-0.05, 0) is 5.92 Å². The van der Waals surface area contributed by atoms with Crippen molar-refractivity contribution in [1.82, 2.24) is 10.2 Å². The normalized spacial score (nSPS) is 16.5. The van der Waals surface area contributed by atoms with E-state index < -0.39 is 5.97 Å². The molecule has 0 bridgehead atoms. The number of carboxylic acid groups (broad SMARTS) is 1. The second-order valence-electron chi connectivity index (χ2n) is 3.64. The Labute approximate surface area is 88.4 Å². The standard InChI is InChI=1S/C10H14N2O3/c1-2-3-11-9(13)7-12-5-8(6-12)4-10(14)15/h1,8H,3-7H2,(H,11,13)(H,14,15). The van der Waals surface area contributed by atoms with Crippen molar-refractivity contribution in [2.45, 2.75) is 6.42 Å². The van der Waals surface area contributed by atoms with Gasteiger partial charge in [0.25, 0.3) is 0 Å². The van der Waals surface area contributed by atoms with Gasteiger partial charge in [-0.15, -0.1) is 6.42 Å². The Morgan fingerprint density at radius 1 is 1.53 bits per heavy atom. The number of aliphatic carboxylic acids is 1. The Bertz CT molecular complexity index is 290. The van der Waals surface area contributed by atoms with Gasteiger partial charge in [0.2, 0.25) is 5.91 Å². The summed E-state index contributed by atoms with van der Waals surface area (Å²) in [6, 6.07) is 0. The molecule has 0 aliphatic carbocycles. The van der Waals surface area contributed by atoms with Crippen molar-refractivity contribution >= 4 is 11.9 Å². The first-order valence-corrected chi connectivity index (χ1v) is 4.76. The van der Waals surface area contributed by atoms with Gasteiger partial charge in [0.05, 0.1) is 19.5 Å². The fraction of sp³-hybridized carbons (Fsp3) is 0.600. The van der Waals surface area contributed by atoms with Crippen molar-refractivity contribution in [2.24, 2.45) is 5.92 Å². The van der Waals surface area contributed by atoms with Crippen molar-refractivity contribution in [3.63, 3.8) is 0 Å². The van der Waals surface area contributed by atoms with Gasteiger partial charge in [-0.3, -0.25) is 14.5 Å². The molecule has 0 spiro atoms. The number of rotatable bonds is 5. The fourth-order valence-electron chi connectivity index (χ4n) is 1.59. The minimum atomic E-state index is -0.781. The summed E-state index contributed by atoms with van der Waals surface area (Å²) in [6.45, 7) is 1.90. The van der Waals surface area contributed by atoms with Crippen LogP contribution in [0.25, 0.3) is 0 Å². The van der Waals surface area contributed by atoms with Gasteiger partial charge in [0.1, 0.15) is 0 Å². The predicted molar refractivity (Wildman–Crippen MR) is 54.0 cm³/mol. The van der Waals surface area contributed by atoms with Crippen molar-refractivity contribution < 1.29 is 14.7 Å². The summed E-state index contributed by atoms with van der Waals surface area (Å²) < 4.78 is 0. The minimum Gasteiger partial charge on any atom is -0.481 e.